The second-order valence-corrected chi connectivity index (χ2v) is 7.65. The lowest BCUT2D eigenvalue weighted by Crippen LogP contribution is -2.32. The summed E-state index contributed by atoms with van der Waals surface area (Å²) in [7, 11) is 0. The molecule has 2 heterocycles. The van der Waals surface area contributed by atoms with Crippen molar-refractivity contribution in [2.75, 3.05) is 18.4 Å². The van der Waals surface area contributed by atoms with Crippen molar-refractivity contribution in [2.24, 2.45) is 0 Å². The van der Waals surface area contributed by atoms with Gasteiger partial charge in [0, 0.05) is 13.1 Å². The molecule has 0 bridgehead atoms. The smallest absolute Gasteiger partial charge is 0.256 e. The minimum atomic E-state index is -0.293. The number of carbonyl (C=O) groups excluding carboxylic acids is 2. The summed E-state index contributed by atoms with van der Waals surface area (Å²) in [6.07, 6.45) is 7.63. The molecular weight excluding hydrogens is 388 g/mol. The van der Waals surface area contributed by atoms with Gasteiger partial charge in [0.15, 0.2) is 0 Å². The standard InChI is InChI=1S/C26H26N2O3/c29-25(23(19-21-13-10-18-31-21)20-11-4-3-5-12-20)27-24-15-7-6-14-22(24)26(30)28-16-8-1-2-9-17-28/h3-7,10-15,18-19H,1-2,8-9,16-17H2,(H,27,29)/b23-19+. The molecule has 0 saturated carbocycles. The molecule has 0 radical (unpaired) electrons. The van der Waals surface area contributed by atoms with E-state index in [0.717, 1.165) is 44.3 Å². The van der Waals surface area contributed by atoms with Crippen LogP contribution in [0.2, 0.25) is 0 Å². The van der Waals surface area contributed by atoms with Crippen molar-refractivity contribution in [2.45, 2.75) is 25.7 Å². The summed E-state index contributed by atoms with van der Waals surface area (Å²) >= 11 is 0. The van der Waals surface area contributed by atoms with Gasteiger partial charge in [-0.15, -0.1) is 0 Å². The molecule has 5 heteroatoms. The van der Waals surface area contributed by atoms with Crippen LogP contribution in [0.15, 0.2) is 77.4 Å². The lowest BCUT2D eigenvalue weighted by Gasteiger charge is -2.22. The Morgan fingerprint density at radius 1 is 0.839 bits per heavy atom. The molecule has 3 aromatic rings. The number of carbonyl (C=O) groups is 2. The number of nitrogens with one attached hydrogen (secondary N) is 1. The normalized spacial score (nSPS) is 14.7. The zero-order chi connectivity index (χ0) is 21.5. The highest BCUT2D eigenvalue weighted by Crippen LogP contribution is 2.24. The molecule has 31 heavy (non-hydrogen) atoms. The van der Waals surface area contributed by atoms with Crippen molar-refractivity contribution in [3.63, 3.8) is 0 Å². The molecular formula is C26H26N2O3. The van der Waals surface area contributed by atoms with Gasteiger partial charge in [-0.2, -0.15) is 0 Å². The fraction of sp³-hybridized carbons (Fsp3) is 0.231. The van der Waals surface area contributed by atoms with Crippen molar-refractivity contribution in [1.29, 1.82) is 0 Å². The first kappa shape index (κ1) is 20.7. The van der Waals surface area contributed by atoms with E-state index >= 15 is 0 Å². The monoisotopic (exact) mass is 414 g/mol. The van der Waals surface area contributed by atoms with Crippen molar-refractivity contribution >= 4 is 29.2 Å². The van der Waals surface area contributed by atoms with Gasteiger partial charge in [-0.05, 0) is 48.7 Å². The average molecular weight is 415 g/mol. The molecule has 2 amide bonds. The van der Waals surface area contributed by atoms with E-state index in [4.69, 9.17) is 4.42 Å². The van der Waals surface area contributed by atoms with E-state index in [0.29, 0.717) is 22.6 Å². The van der Waals surface area contributed by atoms with Gasteiger partial charge in [-0.25, -0.2) is 0 Å². The van der Waals surface area contributed by atoms with E-state index in [2.05, 4.69) is 5.32 Å². The maximum Gasteiger partial charge on any atom is 0.256 e. The number of para-hydroxylation sites is 1. The van der Waals surface area contributed by atoms with Gasteiger partial charge < -0.3 is 14.6 Å². The van der Waals surface area contributed by atoms with Crippen LogP contribution >= 0.6 is 0 Å². The van der Waals surface area contributed by atoms with Gasteiger partial charge in [-0.3, -0.25) is 9.59 Å². The van der Waals surface area contributed by atoms with Crippen molar-refractivity contribution in [1.82, 2.24) is 4.90 Å². The summed E-state index contributed by atoms with van der Waals surface area (Å²) in [6.45, 7) is 1.52. The Bertz CT molecular complexity index is 1050. The summed E-state index contributed by atoms with van der Waals surface area (Å²) in [4.78, 5) is 28.4. The maximum absolute atomic E-state index is 13.3. The highest BCUT2D eigenvalue weighted by Gasteiger charge is 2.22. The Kier molecular flexibility index (Phi) is 6.62. The molecule has 0 unspecified atom stereocenters. The molecule has 4 rings (SSSR count). The minimum Gasteiger partial charge on any atom is -0.465 e. The van der Waals surface area contributed by atoms with Gasteiger partial charge >= 0.3 is 0 Å². The van der Waals surface area contributed by atoms with Crippen LogP contribution in [0.4, 0.5) is 5.69 Å². The second-order valence-electron chi connectivity index (χ2n) is 7.65. The Balaban J connectivity index is 1.62. The Morgan fingerprint density at radius 2 is 1.55 bits per heavy atom. The van der Waals surface area contributed by atoms with Crippen LogP contribution in [0, 0.1) is 0 Å². The van der Waals surface area contributed by atoms with Gasteiger partial charge in [0.25, 0.3) is 11.8 Å². The zero-order valence-electron chi connectivity index (χ0n) is 17.4. The maximum atomic E-state index is 13.3. The summed E-state index contributed by atoms with van der Waals surface area (Å²) in [6, 6.07) is 20.2. The van der Waals surface area contributed by atoms with Crippen molar-refractivity contribution < 1.29 is 14.0 Å². The van der Waals surface area contributed by atoms with Crippen molar-refractivity contribution in [3.8, 4) is 0 Å². The molecule has 0 atom stereocenters. The number of benzene rings is 2. The van der Waals surface area contributed by atoms with E-state index < -0.39 is 0 Å². The second kappa shape index (κ2) is 9.94. The molecule has 1 saturated heterocycles. The molecule has 1 fully saturated rings. The topological polar surface area (TPSA) is 62.6 Å². The molecule has 1 aromatic heterocycles. The predicted octanol–water partition coefficient (Wildman–Crippen LogP) is 5.48. The third kappa shape index (κ3) is 5.12. The number of hydrogen-bond acceptors (Lipinski definition) is 3. The van der Waals surface area contributed by atoms with Crippen LogP contribution in [0.3, 0.4) is 0 Å². The highest BCUT2D eigenvalue weighted by atomic mass is 16.3. The molecule has 158 valence electrons. The minimum absolute atomic E-state index is 0.0333. The third-order valence-corrected chi connectivity index (χ3v) is 5.46. The lowest BCUT2D eigenvalue weighted by atomic mass is 10.0. The predicted molar refractivity (Wildman–Crippen MR) is 122 cm³/mol. The van der Waals surface area contributed by atoms with Crippen LogP contribution in [-0.4, -0.2) is 29.8 Å². The number of likely N-dealkylation sites (tertiary alicyclic amines) is 1. The Labute approximate surface area is 182 Å². The molecule has 1 N–H and O–H groups in total. The first-order valence-corrected chi connectivity index (χ1v) is 10.7. The number of hydrogen-bond donors (Lipinski definition) is 1. The number of rotatable bonds is 5. The van der Waals surface area contributed by atoms with E-state index in [1.807, 2.05) is 47.4 Å². The van der Waals surface area contributed by atoms with E-state index in [1.54, 1.807) is 36.6 Å². The molecule has 2 aromatic carbocycles. The quantitative estimate of drug-likeness (QED) is 0.563. The largest absolute Gasteiger partial charge is 0.465 e. The number of furan rings is 1. The Morgan fingerprint density at radius 3 is 2.26 bits per heavy atom. The molecule has 0 spiro atoms. The molecule has 1 aliphatic rings. The van der Waals surface area contributed by atoms with E-state index in [9.17, 15) is 9.59 Å². The van der Waals surface area contributed by atoms with Crippen LogP contribution in [0.5, 0.6) is 0 Å². The summed E-state index contributed by atoms with van der Waals surface area (Å²) < 4.78 is 5.42. The van der Waals surface area contributed by atoms with Crippen LogP contribution in [0.25, 0.3) is 11.6 Å². The summed E-state index contributed by atoms with van der Waals surface area (Å²) in [5, 5.41) is 2.96. The average Bonchev–Trinajstić information content (AvgIpc) is 3.17. The van der Waals surface area contributed by atoms with Crippen LogP contribution < -0.4 is 5.32 Å². The first-order valence-electron chi connectivity index (χ1n) is 10.7. The Hall–Kier alpha value is -3.60. The van der Waals surface area contributed by atoms with Crippen LogP contribution in [-0.2, 0) is 4.79 Å². The van der Waals surface area contributed by atoms with Gasteiger partial charge in [0.2, 0.25) is 0 Å². The van der Waals surface area contributed by atoms with Gasteiger partial charge in [0.05, 0.1) is 23.1 Å². The van der Waals surface area contributed by atoms with E-state index in [1.165, 1.54) is 0 Å². The molecule has 0 aliphatic carbocycles. The highest BCUT2D eigenvalue weighted by molar-refractivity contribution is 6.29. The summed E-state index contributed by atoms with van der Waals surface area (Å²) in [5.41, 5.74) is 2.27. The number of amides is 2. The van der Waals surface area contributed by atoms with Gasteiger partial charge in [-0.1, -0.05) is 55.3 Å². The summed E-state index contributed by atoms with van der Waals surface area (Å²) in [5.74, 6) is 0.260. The van der Waals surface area contributed by atoms with E-state index in [-0.39, 0.29) is 11.8 Å². The fourth-order valence-electron chi connectivity index (χ4n) is 3.83. The third-order valence-electron chi connectivity index (χ3n) is 5.46. The van der Waals surface area contributed by atoms with Crippen LogP contribution in [0.1, 0.15) is 47.4 Å². The first-order chi connectivity index (χ1) is 15.2. The molecule has 1 aliphatic heterocycles. The number of anilines is 1. The fourth-order valence-corrected chi connectivity index (χ4v) is 3.83. The zero-order valence-corrected chi connectivity index (χ0v) is 17.4. The number of nitrogens with zero attached hydrogens (tertiary/aromatic N) is 1. The molecule has 5 nitrogen and oxygen atoms in total. The van der Waals surface area contributed by atoms with Crippen molar-refractivity contribution in [3.05, 3.63) is 89.9 Å². The SMILES string of the molecule is O=C(Nc1ccccc1C(=O)N1CCCCCC1)/C(=C/c1ccco1)c1ccccc1. The lowest BCUT2D eigenvalue weighted by molar-refractivity contribution is -0.111. The van der Waals surface area contributed by atoms with Gasteiger partial charge in [0.1, 0.15) is 5.76 Å².